The highest BCUT2D eigenvalue weighted by atomic mass is 32.1. The second kappa shape index (κ2) is 10.6. The number of benzene rings is 1. The number of hydrogen-bond donors (Lipinski definition) is 0. The number of ether oxygens (including phenoxy) is 2. The van der Waals surface area contributed by atoms with Gasteiger partial charge in [0.15, 0.2) is 6.04 Å². The van der Waals surface area contributed by atoms with E-state index in [2.05, 4.69) is 15.4 Å². The molecule has 0 fully saturated rings. The molecule has 0 bridgehead atoms. The molecule has 0 saturated heterocycles. The molecule has 0 N–H and O–H groups in total. The van der Waals surface area contributed by atoms with Crippen molar-refractivity contribution in [3.63, 3.8) is 0 Å². The maximum Gasteiger partial charge on any atom is 0.335 e. The maximum absolute atomic E-state index is 13.4. The molecule has 2 aliphatic heterocycles. The summed E-state index contributed by atoms with van der Waals surface area (Å²) in [5.74, 6) is -1.76. The summed E-state index contributed by atoms with van der Waals surface area (Å²) in [5, 5.41) is 17.0. The predicted octanol–water partition coefficient (Wildman–Crippen LogP) is 2.97. The first-order chi connectivity index (χ1) is 16.5. The molecule has 4 rings (SSSR count). The fraction of sp³-hybridized carbons (Fsp3) is 0.391. The molecular formula is C23H25N5O5S. The summed E-state index contributed by atoms with van der Waals surface area (Å²) < 4.78 is 10.1. The van der Waals surface area contributed by atoms with E-state index >= 15 is 0 Å². The first kappa shape index (κ1) is 23.6. The van der Waals surface area contributed by atoms with Crippen molar-refractivity contribution < 1.29 is 23.9 Å². The number of rotatable bonds is 8. The summed E-state index contributed by atoms with van der Waals surface area (Å²) in [6.45, 7) is 3.27. The zero-order valence-corrected chi connectivity index (χ0v) is 19.7. The topological polar surface area (TPSA) is 113 Å². The number of carbonyl (C=O) groups is 3. The minimum Gasteiger partial charge on any atom is -0.464 e. The van der Waals surface area contributed by atoms with Gasteiger partial charge in [0.1, 0.15) is 6.54 Å². The number of hydrazone groups is 1. The van der Waals surface area contributed by atoms with E-state index in [1.807, 2.05) is 47.8 Å². The van der Waals surface area contributed by atoms with Crippen molar-refractivity contribution in [1.29, 1.82) is 0 Å². The van der Waals surface area contributed by atoms with E-state index in [-0.39, 0.29) is 31.7 Å². The van der Waals surface area contributed by atoms with Gasteiger partial charge >= 0.3 is 11.9 Å². The largest absolute Gasteiger partial charge is 0.464 e. The molecule has 0 spiro atoms. The van der Waals surface area contributed by atoms with E-state index in [0.717, 1.165) is 16.2 Å². The zero-order valence-electron chi connectivity index (χ0n) is 18.9. The number of amides is 1. The molecule has 0 aliphatic carbocycles. The molecule has 1 aromatic carbocycles. The number of esters is 2. The molecule has 10 nitrogen and oxygen atoms in total. The van der Waals surface area contributed by atoms with Gasteiger partial charge in [-0.25, -0.2) is 14.6 Å². The Morgan fingerprint density at radius 2 is 1.76 bits per heavy atom. The molecule has 3 unspecified atom stereocenters. The second-order valence-electron chi connectivity index (χ2n) is 7.58. The fourth-order valence-electron chi connectivity index (χ4n) is 3.87. The molecule has 34 heavy (non-hydrogen) atoms. The van der Waals surface area contributed by atoms with Gasteiger partial charge in [-0.15, -0.1) is 11.3 Å². The van der Waals surface area contributed by atoms with E-state index in [9.17, 15) is 14.4 Å². The Hall–Kier alpha value is -3.60. The van der Waals surface area contributed by atoms with Crippen LogP contribution in [0.2, 0.25) is 0 Å². The Morgan fingerprint density at radius 3 is 2.44 bits per heavy atom. The zero-order chi connectivity index (χ0) is 24.1. The summed E-state index contributed by atoms with van der Waals surface area (Å²) in [4.78, 5) is 39.4. The van der Waals surface area contributed by atoms with Crippen molar-refractivity contribution in [2.24, 2.45) is 15.4 Å². The van der Waals surface area contributed by atoms with Crippen molar-refractivity contribution >= 4 is 34.9 Å². The minimum absolute atomic E-state index is 0.115. The average molecular weight is 484 g/mol. The Morgan fingerprint density at radius 1 is 1.03 bits per heavy atom. The van der Waals surface area contributed by atoms with Gasteiger partial charge in [0.2, 0.25) is 6.04 Å². The van der Waals surface area contributed by atoms with Gasteiger partial charge < -0.3 is 9.47 Å². The first-order valence-electron chi connectivity index (χ1n) is 11.0. The van der Waals surface area contributed by atoms with Gasteiger partial charge in [-0.1, -0.05) is 41.6 Å². The van der Waals surface area contributed by atoms with Crippen molar-refractivity contribution in [2.45, 2.75) is 38.4 Å². The highest BCUT2D eigenvalue weighted by molar-refractivity contribution is 7.10. The lowest BCUT2D eigenvalue weighted by Gasteiger charge is -2.26. The van der Waals surface area contributed by atoms with Crippen LogP contribution in [0.3, 0.4) is 0 Å². The van der Waals surface area contributed by atoms with Gasteiger partial charge in [0.25, 0.3) is 5.91 Å². The summed E-state index contributed by atoms with van der Waals surface area (Å²) >= 11 is 1.55. The number of carbonyl (C=O) groups excluding carboxylic acids is 3. The van der Waals surface area contributed by atoms with Gasteiger partial charge in [-0.2, -0.15) is 10.2 Å². The van der Waals surface area contributed by atoms with Crippen LogP contribution in [-0.2, 0) is 23.9 Å². The molecule has 3 atom stereocenters. The van der Waals surface area contributed by atoms with Crippen LogP contribution in [0.15, 0.2) is 63.3 Å². The summed E-state index contributed by atoms with van der Waals surface area (Å²) in [6, 6.07) is 10.9. The third-order valence-corrected chi connectivity index (χ3v) is 6.38. The smallest absolute Gasteiger partial charge is 0.335 e. The summed E-state index contributed by atoms with van der Waals surface area (Å²) in [6.07, 6.45) is 0.560. The fourth-order valence-corrected chi connectivity index (χ4v) is 4.69. The summed E-state index contributed by atoms with van der Waals surface area (Å²) in [5.41, 5.74) is 1.73. The van der Waals surface area contributed by atoms with Crippen LogP contribution < -0.4 is 0 Å². The molecule has 2 aromatic rings. The van der Waals surface area contributed by atoms with Gasteiger partial charge in [0.05, 0.1) is 25.0 Å². The molecule has 0 saturated carbocycles. The van der Waals surface area contributed by atoms with Crippen LogP contribution in [0.1, 0.15) is 36.8 Å². The van der Waals surface area contributed by atoms with Crippen molar-refractivity contribution in [2.75, 3.05) is 19.8 Å². The van der Waals surface area contributed by atoms with Crippen LogP contribution in [-0.4, -0.2) is 65.4 Å². The Bertz CT molecular complexity index is 1090. The second-order valence-corrected chi connectivity index (χ2v) is 8.56. The van der Waals surface area contributed by atoms with Gasteiger partial charge in [-0.3, -0.25) is 9.80 Å². The lowest BCUT2D eigenvalue weighted by molar-refractivity contribution is -0.156. The molecular weight excluding hydrogens is 458 g/mol. The molecule has 3 heterocycles. The third kappa shape index (κ3) is 4.84. The van der Waals surface area contributed by atoms with Gasteiger partial charge in [0, 0.05) is 11.3 Å². The monoisotopic (exact) mass is 483 g/mol. The SMILES string of the molecule is CCOC(=O)C1N=NN(CC(=O)N2N=C(c3ccccc3)CC2c2cccs2)C1C(=O)OCC. The Balaban J connectivity index is 1.57. The first-order valence-corrected chi connectivity index (χ1v) is 11.9. The molecule has 0 radical (unpaired) electrons. The number of nitrogens with zero attached hydrogens (tertiary/aromatic N) is 5. The number of hydrogen-bond acceptors (Lipinski definition) is 10. The predicted molar refractivity (Wildman–Crippen MR) is 124 cm³/mol. The normalized spacial score (nSPS) is 21.5. The molecule has 11 heteroatoms. The van der Waals surface area contributed by atoms with Crippen LogP contribution in [0.4, 0.5) is 0 Å². The van der Waals surface area contributed by atoms with E-state index in [0.29, 0.717) is 6.42 Å². The quantitative estimate of drug-likeness (QED) is 0.534. The lowest BCUT2D eigenvalue weighted by Crippen LogP contribution is -2.49. The lowest BCUT2D eigenvalue weighted by atomic mass is 10.0. The van der Waals surface area contributed by atoms with Gasteiger partial charge in [-0.05, 0) is 30.9 Å². The van der Waals surface area contributed by atoms with E-state index < -0.39 is 24.0 Å². The Labute approximate surface area is 200 Å². The van der Waals surface area contributed by atoms with Crippen LogP contribution in [0.5, 0.6) is 0 Å². The number of thiophene rings is 1. The van der Waals surface area contributed by atoms with Crippen molar-refractivity contribution in [3.8, 4) is 0 Å². The van der Waals surface area contributed by atoms with Crippen LogP contribution in [0, 0.1) is 0 Å². The maximum atomic E-state index is 13.4. The molecule has 1 amide bonds. The summed E-state index contributed by atoms with van der Waals surface area (Å²) in [7, 11) is 0. The highest BCUT2D eigenvalue weighted by Crippen LogP contribution is 2.35. The highest BCUT2D eigenvalue weighted by Gasteiger charge is 2.46. The Kier molecular flexibility index (Phi) is 7.31. The van der Waals surface area contributed by atoms with E-state index in [1.54, 1.807) is 25.2 Å². The standard InChI is InChI=1S/C23H25N5O5S/c1-3-32-22(30)20-21(23(31)33-4-2)27(26-24-20)14-19(29)28-17(18-11-8-12-34-18)13-16(25-28)15-9-6-5-7-10-15/h5-12,17,20-21H,3-4,13-14H2,1-2H3. The molecule has 2 aliphatic rings. The van der Waals surface area contributed by atoms with E-state index in [1.165, 1.54) is 10.0 Å². The van der Waals surface area contributed by atoms with Crippen molar-refractivity contribution in [3.05, 3.63) is 58.3 Å². The van der Waals surface area contributed by atoms with Crippen LogP contribution in [0.25, 0.3) is 0 Å². The molecule has 178 valence electrons. The molecule has 1 aromatic heterocycles. The third-order valence-electron chi connectivity index (χ3n) is 5.41. The van der Waals surface area contributed by atoms with Crippen molar-refractivity contribution in [1.82, 2.24) is 10.0 Å². The van der Waals surface area contributed by atoms with E-state index in [4.69, 9.17) is 9.47 Å². The average Bonchev–Trinajstić information content (AvgIpc) is 3.59. The minimum atomic E-state index is -1.19. The van der Waals surface area contributed by atoms with Crippen LogP contribution >= 0.6 is 11.3 Å².